The van der Waals surface area contributed by atoms with Crippen LogP contribution in [0.15, 0.2) is 84.0 Å². The molecule has 0 atom stereocenters. The first kappa shape index (κ1) is 26.2. The number of ether oxygens (including phenoxy) is 3. The maximum atomic E-state index is 12.9. The van der Waals surface area contributed by atoms with Crippen LogP contribution >= 0.6 is 11.6 Å². The molecule has 0 fully saturated rings. The number of halogens is 1. The van der Waals surface area contributed by atoms with Gasteiger partial charge in [0, 0.05) is 16.3 Å². The lowest BCUT2D eigenvalue weighted by Crippen LogP contribution is -2.32. The lowest BCUT2D eigenvalue weighted by Gasteiger charge is -2.12. The number of amides is 2. The van der Waals surface area contributed by atoms with E-state index in [1.54, 1.807) is 48.5 Å². The summed E-state index contributed by atoms with van der Waals surface area (Å²) in [5.41, 5.74) is 3.26. The molecule has 0 unspecified atom stereocenters. The van der Waals surface area contributed by atoms with Gasteiger partial charge in [-0.15, -0.1) is 0 Å². The molecule has 38 heavy (non-hydrogen) atoms. The van der Waals surface area contributed by atoms with Crippen molar-refractivity contribution in [2.24, 2.45) is 5.10 Å². The Hall–Kier alpha value is -4.89. The fraction of sp³-hybridized carbons (Fsp3) is 0.0714. The zero-order valence-electron chi connectivity index (χ0n) is 20.4. The normalized spacial score (nSPS) is 10.7. The molecule has 0 radical (unpaired) electrons. The van der Waals surface area contributed by atoms with Gasteiger partial charge in [0.1, 0.15) is 5.75 Å². The van der Waals surface area contributed by atoms with Crippen LogP contribution < -0.4 is 25.0 Å². The van der Waals surface area contributed by atoms with Gasteiger partial charge in [-0.3, -0.25) is 9.59 Å². The molecule has 192 valence electrons. The molecule has 0 spiro atoms. The summed E-state index contributed by atoms with van der Waals surface area (Å²) in [5.74, 6) is -1.49. The number of hydrazone groups is 1. The molecule has 0 heterocycles. The van der Waals surface area contributed by atoms with E-state index in [1.165, 1.54) is 26.5 Å². The number of esters is 1. The summed E-state index contributed by atoms with van der Waals surface area (Å²) < 4.78 is 16.2. The summed E-state index contributed by atoms with van der Waals surface area (Å²) in [7, 11) is 2.96. The minimum Gasteiger partial charge on any atom is -0.493 e. The van der Waals surface area contributed by atoms with Crippen molar-refractivity contribution in [3.05, 3.63) is 95.0 Å². The number of fused-ring (bicyclic) bond motifs is 1. The second-order valence-corrected chi connectivity index (χ2v) is 8.25. The van der Waals surface area contributed by atoms with Crippen LogP contribution in [-0.4, -0.2) is 38.2 Å². The Bertz CT molecular complexity index is 1540. The van der Waals surface area contributed by atoms with Gasteiger partial charge >= 0.3 is 17.8 Å². The van der Waals surface area contributed by atoms with Gasteiger partial charge in [-0.1, -0.05) is 41.9 Å². The quantitative estimate of drug-likeness (QED) is 0.116. The standard InChI is InChI=1S/C28H22ClN3O6/c1-36-24-14-8-18(15-25(24)37-2)28(35)38-23-13-7-17-5-3-4-6-21(17)22(23)16-30-32-27(34)26(33)31-20-11-9-19(29)10-12-20/h3-16H,1-2H3,(H,31,33)(H,32,34). The van der Waals surface area contributed by atoms with Gasteiger partial charge < -0.3 is 19.5 Å². The second kappa shape index (κ2) is 11.9. The van der Waals surface area contributed by atoms with E-state index in [0.717, 1.165) is 5.39 Å². The van der Waals surface area contributed by atoms with E-state index < -0.39 is 17.8 Å². The van der Waals surface area contributed by atoms with Crippen molar-refractivity contribution in [1.82, 2.24) is 5.43 Å². The third-order valence-electron chi connectivity index (χ3n) is 5.42. The zero-order chi connectivity index (χ0) is 27.1. The molecule has 2 N–H and O–H groups in total. The molecule has 10 heteroatoms. The number of rotatable bonds is 7. The minimum atomic E-state index is -0.986. The van der Waals surface area contributed by atoms with Gasteiger partial charge in [0.25, 0.3) is 0 Å². The third-order valence-corrected chi connectivity index (χ3v) is 5.67. The average molecular weight is 532 g/mol. The summed E-state index contributed by atoms with van der Waals surface area (Å²) in [4.78, 5) is 37.4. The number of hydrogen-bond acceptors (Lipinski definition) is 7. The monoisotopic (exact) mass is 531 g/mol. The molecular formula is C28H22ClN3O6. The van der Waals surface area contributed by atoms with E-state index >= 15 is 0 Å². The van der Waals surface area contributed by atoms with E-state index in [9.17, 15) is 14.4 Å². The van der Waals surface area contributed by atoms with Gasteiger partial charge in [0.2, 0.25) is 0 Å². The molecule has 4 aromatic carbocycles. The predicted molar refractivity (Wildman–Crippen MR) is 144 cm³/mol. The largest absolute Gasteiger partial charge is 0.493 e. The lowest BCUT2D eigenvalue weighted by atomic mass is 10.0. The molecule has 0 aliphatic carbocycles. The summed E-state index contributed by atoms with van der Waals surface area (Å²) in [6.45, 7) is 0. The Balaban J connectivity index is 1.55. The van der Waals surface area contributed by atoms with E-state index in [-0.39, 0.29) is 11.3 Å². The van der Waals surface area contributed by atoms with Crippen LogP contribution in [0.5, 0.6) is 17.2 Å². The van der Waals surface area contributed by atoms with E-state index in [2.05, 4.69) is 15.8 Å². The van der Waals surface area contributed by atoms with Crippen molar-refractivity contribution in [2.45, 2.75) is 0 Å². The van der Waals surface area contributed by atoms with E-state index in [1.807, 2.05) is 24.3 Å². The molecule has 0 aliphatic heterocycles. The number of carbonyl (C=O) groups is 3. The summed E-state index contributed by atoms with van der Waals surface area (Å²) >= 11 is 5.83. The first-order chi connectivity index (χ1) is 18.4. The number of carbonyl (C=O) groups excluding carboxylic acids is 3. The van der Waals surface area contributed by atoms with Crippen molar-refractivity contribution in [1.29, 1.82) is 0 Å². The first-order valence-electron chi connectivity index (χ1n) is 11.3. The van der Waals surface area contributed by atoms with Crippen LogP contribution in [0, 0.1) is 0 Å². The number of anilines is 1. The van der Waals surface area contributed by atoms with Crippen LogP contribution in [0.3, 0.4) is 0 Å². The average Bonchev–Trinajstić information content (AvgIpc) is 2.94. The van der Waals surface area contributed by atoms with Crippen LogP contribution in [0.25, 0.3) is 10.8 Å². The van der Waals surface area contributed by atoms with E-state index in [4.69, 9.17) is 25.8 Å². The van der Waals surface area contributed by atoms with Gasteiger partial charge in [0.05, 0.1) is 26.0 Å². The third kappa shape index (κ3) is 6.08. The Morgan fingerprint density at radius 2 is 1.53 bits per heavy atom. The first-order valence-corrected chi connectivity index (χ1v) is 11.6. The second-order valence-electron chi connectivity index (χ2n) is 7.82. The minimum absolute atomic E-state index is 0.201. The molecule has 4 aromatic rings. The molecular weight excluding hydrogens is 510 g/mol. The lowest BCUT2D eigenvalue weighted by molar-refractivity contribution is -0.136. The number of nitrogens with one attached hydrogen (secondary N) is 2. The van der Waals surface area contributed by atoms with Gasteiger partial charge in [-0.25, -0.2) is 10.2 Å². The predicted octanol–water partition coefficient (Wildman–Crippen LogP) is 4.82. The van der Waals surface area contributed by atoms with E-state index in [0.29, 0.717) is 33.2 Å². The maximum absolute atomic E-state index is 12.9. The van der Waals surface area contributed by atoms with Gasteiger partial charge in [-0.05, 0) is 59.3 Å². The Kier molecular flexibility index (Phi) is 8.20. The Morgan fingerprint density at radius 3 is 2.26 bits per heavy atom. The molecule has 0 bridgehead atoms. The molecule has 0 saturated heterocycles. The summed E-state index contributed by atoms with van der Waals surface area (Å²) in [6, 6.07) is 21.7. The highest BCUT2D eigenvalue weighted by Crippen LogP contribution is 2.30. The van der Waals surface area contributed by atoms with Crippen molar-refractivity contribution in [2.75, 3.05) is 19.5 Å². The summed E-state index contributed by atoms with van der Waals surface area (Å²) in [6.07, 6.45) is 1.31. The van der Waals surface area contributed by atoms with Crippen LogP contribution in [0.1, 0.15) is 15.9 Å². The van der Waals surface area contributed by atoms with Crippen molar-refractivity contribution in [3.63, 3.8) is 0 Å². The molecule has 0 aromatic heterocycles. The fourth-order valence-electron chi connectivity index (χ4n) is 3.55. The number of nitrogens with zero attached hydrogens (tertiary/aromatic N) is 1. The van der Waals surface area contributed by atoms with Gasteiger partial charge in [-0.2, -0.15) is 5.10 Å². The fourth-order valence-corrected chi connectivity index (χ4v) is 3.67. The van der Waals surface area contributed by atoms with Crippen molar-refractivity contribution < 1.29 is 28.6 Å². The summed E-state index contributed by atoms with van der Waals surface area (Å²) in [5, 5.41) is 8.44. The molecule has 0 saturated carbocycles. The van der Waals surface area contributed by atoms with Crippen LogP contribution in [0.2, 0.25) is 5.02 Å². The van der Waals surface area contributed by atoms with Crippen molar-refractivity contribution in [3.8, 4) is 17.2 Å². The van der Waals surface area contributed by atoms with Crippen LogP contribution in [-0.2, 0) is 9.59 Å². The van der Waals surface area contributed by atoms with Crippen molar-refractivity contribution >= 4 is 52.1 Å². The highest BCUT2D eigenvalue weighted by molar-refractivity contribution is 6.39. The molecule has 9 nitrogen and oxygen atoms in total. The van der Waals surface area contributed by atoms with Crippen LogP contribution in [0.4, 0.5) is 5.69 Å². The molecule has 2 amide bonds. The Morgan fingerprint density at radius 1 is 0.816 bits per heavy atom. The topological polar surface area (TPSA) is 115 Å². The van der Waals surface area contributed by atoms with Gasteiger partial charge in [0.15, 0.2) is 11.5 Å². The molecule has 4 rings (SSSR count). The highest BCUT2D eigenvalue weighted by atomic mass is 35.5. The molecule has 0 aliphatic rings. The number of hydrogen-bond donors (Lipinski definition) is 2. The number of benzene rings is 4. The Labute approximate surface area is 223 Å². The zero-order valence-corrected chi connectivity index (χ0v) is 21.1. The number of methoxy groups -OCH3 is 2. The maximum Gasteiger partial charge on any atom is 0.343 e. The smallest absolute Gasteiger partial charge is 0.343 e. The highest BCUT2D eigenvalue weighted by Gasteiger charge is 2.17. The SMILES string of the molecule is COc1ccc(C(=O)Oc2ccc3ccccc3c2C=NNC(=O)C(=O)Nc2ccc(Cl)cc2)cc1OC.